The largest absolute Gasteiger partial charge is 0.382 e. The summed E-state index contributed by atoms with van der Waals surface area (Å²) in [5.41, 5.74) is 2.79. The summed E-state index contributed by atoms with van der Waals surface area (Å²) in [4.78, 5) is 6.18. The molecule has 2 aromatic carbocycles. The van der Waals surface area contributed by atoms with Crippen molar-refractivity contribution in [2.45, 2.75) is 31.4 Å². The highest BCUT2D eigenvalue weighted by Gasteiger charge is 2.47. The van der Waals surface area contributed by atoms with Gasteiger partial charge in [-0.3, -0.25) is 4.84 Å². The van der Waals surface area contributed by atoms with Crippen molar-refractivity contribution in [3.05, 3.63) is 47.5 Å². The van der Waals surface area contributed by atoms with E-state index in [1.807, 2.05) is 12.0 Å². The zero-order valence-electron chi connectivity index (χ0n) is 12.6. The first kappa shape index (κ1) is 13.3. The number of likely N-dealkylation sites (N-methyl/N-ethyl adjacent to an activating group) is 1. The van der Waals surface area contributed by atoms with Crippen molar-refractivity contribution in [3.8, 4) is 0 Å². The Hall–Kier alpha value is -1.42. The van der Waals surface area contributed by atoms with Gasteiger partial charge < -0.3 is 4.74 Å². The number of hydroxylamine groups is 2. The van der Waals surface area contributed by atoms with Gasteiger partial charge in [0.2, 0.25) is 0 Å². The second-order valence-corrected chi connectivity index (χ2v) is 5.94. The summed E-state index contributed by atoms with van der Waals surface area (Å²) in [5.74, 6) is 0.427. The molecular formula is C18H21NO2. The van der Waals surface area contributed by atoms with Crippen LogP contribution in [0.15, 0.2) is 36.4 Å². The predicted octanol–water partition coefficient (Wildman–Crippen LogP) is 3.65. The summed E-state index contributed by atoms with van der Waals surface area (Å²) in [6, 6.07) is 13.6. The van der Waals surface area contributed by atoms with E-state index in [0.29, 0.717) is 12.0 Å². The van der Waals surface area contributed by atoms with Gasteiger partial charge in [-0.1, -0.05) is 36.4 Å². The Labute approximate surface area is 125 Å². The van der Waals surface area contributed by atoms with Crippen LogP contribution in [-0.2, 0) is 9.57 Å². The highest BCUT2D eigenvalue weighted by atomic mass is 16.7. The van der Waals surface area contributed by atoms with Gasteiger partial charge in [-0.2, -0.15) is 5.06 Å². The first-order chi connectivity index (χ1) is 10.3. The summed E-state index contributed by atoms with van der Waals surface area (Å²) in [5, 5.41) is 4.78. The zero-order valence-corrected chi connectivity index (χ0v) is 12.6. The number of nitrogens with zero attached hydrogens (tertiary/aromatic N) is 1. The van der Waals surface area contributed by atoms with Crippen LogP contribution in [0.25, 0.3) is 10.8 Å². The predicted molar refractivity (Wildman–Crippen MR) is 83.2 cm³/mol. The van der Waals surface area contributed by atoms with Gasteiger partial charge in [0.1, 0.15) is 6.10 Å². The first-order valence-electron chi connectivity index (χ1n) is 7.80. The summed E-state index contributed by atoms with van der Waals surface area (Å²) >= 11 is 0. The summed E-state index contributed by atoms with van der Waals surface area (Å²) in [7, 11) is 2.05. The van der Waals surface area contributed by atoms with E-state index in [2.05, 4.69) is 43.4 Å². The fourth-order valence-corrected chi connectivity index (χ4v) is 4.00. The summed E-state index contributed by atoms with van der Waals surface area (Å²) < 4.78 is 5.56. The van der Waals surface area contributed by atoms with E-state index in [4.69, 9.17) is 9.57 Å². The normalized spacial score (nSPS) is 27.4. The van der Waals surface area contributed by atoms with Gasteiger partial charge in [-0.05, 0) is 35.2 Å². The van der Waals surface area contributed by atoms with Crippen LogP contribution in [0.1, 0.15) is 36.5 Å². The molecule has 0 bridgehead atoms. The second kappa shape index (κ2) is 5.09. The lowest BCUT2D eigenvalue weighted by molar-refractivity contribution is -0.146. The molecule has 0 N–H and O–H groups in total. The molecule has 1 saturated heterocycles. The van der Waals surface area contributed by atoms with Crippen molar-refractivity contribution < 1.29 is 9.57 Å². The number of ether oxygens (including phenoxy) is 1. The van der Waals surface area contributed by atoms with Crippen LogP contribution in [-0.4, -0.2) is 31.4 Å². The zero-order chi connectivity index (χ0) is 14.4. The van der Waals surface area contributed by atoms with E-state index >= 15 is 0 Å². The van der Waals surface area contributed by atoms with E-state index in [-0.39, 0.29) is 6.10 Å². The Bertz CT molecular complexity index is 664. The molecule has 0 unspecified atom stereocenters. The lowest BCUT2D eigenvalue weighted by Crippen LogP contribution is -2.29. The van der Waals surface area contributed by atoms with Crippen molar-refractivity contribution >= 4 is 10.8 Å². The average molecular weight is 283 g/mol. The van der Waals surface area contributed by atoms with Crippen LogP contribution in [0, 0.1) is 0 Å². The van der Waals surface area contributed by atoms with Crippen LogP contribution in [0.2, 0.25) is 0 Å². The second-order valence-electron chi connectivity index (χ2n) is 5.94. The molecule has 3 nitrogen and oxygen atoms in total. The Kier molecular flexibility index (Phi) is 3.21. The minimum atomic E-state index is 0.169. The molecule has 0 amide bonds. The molecule has 1 heterocycles. The molecule has 3 heteroatoms. The van der Waals surface area contributed by atoms with Gasteiger partial charge in [-0.15, -0.1) is 0 Å². The molecule has 21 heavy (non-hydrogen) atoms. The highest BCUT2D eigenvalue weighted by molar-refractivity contribution is 5.92. The lowest BCUT2D eigenvalue weighted by Gasteiger charge is -2.22. The molecule has 0 radical (unpaired) electrons. The smallest absolute Gasteiger partial charge is 0.113 e. The number of benzene rings is 2. The van der Waals surface area contributed by atoms with Crippen LogP contribution < -0.4 is 0 Å². The van der Waals surface area contributed by atoms with E-state index in [1.165, 1.54) is 21.9 Å². The highest BCUT2D eigenvalue weighted by Crippen LogP contribution is 2.54. The summed E-state index contributed by atoms with van der Waals surface area (Å²) in [6.45, 7) is 3.62. The Balaban J connectivity index is 1.74. The van der Waals surface area contributed by atoms with Crippen molar-refractivity contribution in [2.75, 3.05) is 20.3 Å². The molecule has 2 aliphatic rings. The van der Waals surface area contributed by atoms with Crippen molar-refractivity contribution in [1.82, 2.24) is 5.06 Å². The molecule has 1 fully saturated rings. The monoisotopic (exact) mass is 283 g/mol. The molecule has 2 aromatic rings. The van der Waals surface area contributed by atoms with Crippen molar-refractivity contribution in [2.24, 2.45) is 0 Å². The van der Waals surface area contributed by atoms with Gasteiger partial charge in [0.15, 0.2) is 0 Å². The standard InChI is InChI=1S/C18H21NO2/c1-3-20-11-10-15-17-13-8-4-6-12-7-5-9-14(16(12)13)18(17)21-19(15)2/h4-9,15,17-18H,3,10-11H2,1-2H3/t15-,17+,18+/m1/s1. The minimum Gasteiger partial charge on any atom is -0.382 e. The quantitative estimate of drug-likeness (QED) is 0.799. The summed E-state index contributed by atoms with van der Waals surface area (Å²) in [6.07, 6.45) is 1.18. The van der Waals surface area contributed by atoms with E-state index < -0.39 is 0 Å². The molecule has 0 saturated carbocycles. The first-order valence-corrected chi connectivity index (χ1v) is 7.80. The molecule has 4 rings (SSSR count). The molecule has 0 spiro atoms. The maximum atomic E-state index is 6.18. The van der Waals surface area contributed by atoms with Crippen LogP contribution >= 0.6 is 0 Å². The Morgan fingerprint density at radius 3 is 2.67 bits per heavy atom. The third-order valence-electron chi connectivity index (χ3n) is 4.88. The van der Waals surface area contributed by atoms with Crippen molar-refractivity contribution in [3.63, 3.8) is 0 Å². The number of hydrogen-bond donors (Lipinski definition) is 0. The van der Waals surface area contributed by atoms with E-state index in [9.17, 15) is 0 Å². The third kappa shape index (κ3) is 1.92. The van der Waals surface area contributed by atoms with Crippen molar-refractivity contribution in [1.29, 1.82) is 0 Å². The Morgan fingerprint density at radius 1 is 1.14 bits per heavy atom. The average Bonchev–Trinajstić information content (AvgIpc) is 2.98. The van der Waals surface area contributed by atoms with Gasteiger partial charge >= 0.3 is 0 Å². The maximum absolute atomic E-state index is 6.18. The molecule has 1 aliphatic carbocycles. The van der Waals surface area contributed by atoms with Crippen LogP contribution in [0.3, 0.4) is 0 Å². The van der Waals surface area contributed by atoms with Crippen LogP contribution in [0.4, 0.5) is 0 Å². The van der Waals surface area contributed by atoms with Gasteiger partial charge in [-0.25, -0.2) is 0 Å². The van der Waals surface area contributed by atoms with Gasteiger partial charge in [0, 0.05) is 32.2 Å². The number of rotatable bonds is 4. The maximum Gasteiger partial charge on any atom is 0.113 e. The molecule has 3 atom stereocenters. The molecular weight excluding hydrogens is 262 g/mol. The minimum absolute atomic E-state index is 0.169. The fourth-order valence-electron chi connectivity index (χ4n) is 4.00. The number of fused-ring (bicyclic) bond motifs is 3. The molecule has 110 valence electrons. The fraction of sp³-hybridized carbons (Fsp3) is 0.444. The van der Waals surface area contributed by atoms with Gasteiger partial charge in [0.25, 0.3) is 0 Å². The SMILES string of the molecule is CCOCC[C@@H]1[C@@H]2c3cccc4cccc(c34)[C@@H]2ON1C. The topological polar surface area (TPSA) is 21.7 Å². The number of hydrogen-bond acceptors (Lipinski definition) is 3. The third-order valence-corrected chi connectivity index (χ3v) is 4.88. The van der Waals surface area contributed by atoms with E-state index in [1.54, 1.807) is 0 Å². The van der Waals surface area contributed by atoms with Gasteiger partial charge in [0.05, 0.1) is 0 Å². The molecule has 0 aromatic heterocycles. The molecule has 1 aliphatic heterocycles. The lowest BCUT2D eigenvalue weighted by atomic mass is 9.89. The Morgan fingerprint density at radius 2 is 1.90 bits per heavy atom. The van der Waals surface area contributed by atoms with Crippen LogP contribution in [0.5, 0.6) is 0 Å². The van der Waals surface area contributed by atoms with E-state index in [0.717, 1.165) is 19.6 Å².